The second-order valence-corrected chi connectivity index (χ2v) is 8.00. The second kappa shape index (κ2) is 8.75. The predicted octanol–water partition coefficient (Wildman–Crippen LogP) is 5.54. The lowest BCUT2D eigenvalue weighted by molar-refractivity contribution is -0.137. The zero-order chi connectivity index (χ0) is 22.9. The van der Waals surface area contributed by atoms with E-state index < -0.39 is 17.6 Å². The first-order valence-corrected chi connectivity index (χ1v) is 10.6. The van der Waals surface area contributed by atoms with E-state index in [0.29, 0.717) is 17.5 Å². The van der Waals surface area contributed by atoms with Crippen LogP contribution in [0.3, 0.4) is 0 Å². The van der Waals surface area contributed by atoms with Gasteiger partial charge < -0.3 is 9.73 Å². The molecule has 0 saturated carbocycles. The van der Waals surface area contributed by atoms with Gasteiger partial charge in [0.15, 0.2) is 0 Å². The van der Waals surface area contributed by atoms with Gasteiger partial charge in [-0.3, -0.25) is 4.79 Å². The third-order valence-corrected chi connectivity index (χ3v) is 5.40. The van der Waals surface area contributed by atoms with Crippen LogP contribution in [0.15, 0.2) is 45.5 Å². The lowest BCUT2D eigenvalue weighted by Crippen LogP contribution is -2.16. The number of nitrogens with zero attached hydrogens (tertiary/aromatic N) is 4. The zero-order valence-corrected chi connectivity index (χ0v) is 18.1. The van der Waals surface area contributed by atoms with E-state index in [1.165, 1.54) is 22.1 Å². The van der Waals surface area contributed by atoms with E-state index in [1.54, 1.807) is 6.92 Å². The van der Waals surface area contributed by atoms with Crippen molar-refractivity contribution in [3.63, 3.8) is 0 Å². The number of amides is 1. The summed E-state index contributed by atoms with van der Waals surface area (Å²) in [6.45, 7) is 1.65. The van der Waals surface area contributed by atoms with Gasteiger partial charge in [-0.05, 0) is 36.6 Å². The highest BCUT2D eigenvalue weighted by atomic mass is 35.5. The summed E-state index contributed by atoms with van der Waals surface area (Å²) in [5.41, 5.74) is 0.420. The van der Waals surface area contributed by atoms with E-state index in [1.807, 2.05) is 16.8 Å². The number of hydrogen-bond donors (Lipinski definition) is 1. The molecule has 12 heteroatoms. The number of rotatable bonds is 6. The number of carbonyl (C=O) groups is 1. The van der Waals surface area contributed by atoms with Gasteiger partial charge in [0.25, 0.3) is 0 Å². The Morgan fingerprint density at radius 1 is 1.25 bits per heavy atom. The molecule has 1 aromatic carbocycles. The summed E-state index contributed by atoms with van der Waals surface area (Å²) < 4.78 is 46.1. The third kappa shape index (κ3) is 4.83. The summed E-state index contributed by atoms with van der Waals surface area (Å²) in [6, 6.07) is 6.29. The Labute approximate surface area is 188 Å². The normalized spacial score (nSPS) is 11.7. The summed E-state index contributed by atoms with van der Waals surface area (Å²) in [5.74, 6) is 0.462. The summed E-state index contributed by atoms with van der Waals surface area (Å²) in [7, 11) is 0. The Bertz CT molecular complexity index is 1250. The van der Waals surface area contributed by atoms with Gasteiger partial charge in [0.2, 0.25) is 17.7 Å². The highest BCUT2D eigenvalue weighted by Crippen LogP contribution is 2.34. The van der Waals surface area contributed by atoms with Gasteiger partial charge in [-0.1, -0.05) is 11.6 Å². The fraction of sp³-hybridized carbons (Fsp3) is 0.200. The van der Waals surface area contributed by atoms with Gasteiger partial charge in [-0.15, -0.1) is 10.2 Å². The minimum absolute atomic E-state index is 0.00203. The number of anilines is 1. The van der Waals surface area contributed by atoms with E-state index in [9.17, 15) is 18.0 Å². The topological polar surface area (TPSA) is 85.8 Å². The first kappa shape index (κ1) is 22.0. The van der Waals surface area contributed by atoms with Crippen molar-refractivity contribution in [3.05, 3.63) is 63.3 Å². The SMILES string of the molecule is Cc1cc(NC(=O)CCc2nnc(-c3ccsc3)o2)n(-c2cc(C(F)(F)F)ccc2Cl)n1. The molecule has 7 nitrogen and oxygen atoms in total. The van der Waals surface area contributed by atoms with Crippen molar-refractivity contribution in [2.24, 2.45) is 0 Å². The Hall–Kier alpha value is -3.18. The first-order chi connectivity index (χ1) is 15.2. The van der Waals surface area contributed by atoms with Crippen LogP contribution in [0, 0.1) is 6.92 Å². The Morgan fingerprint density at radius 3 is 2.78 bits per heavy atom. The number of benzene rings is 1. The van der Waals surface area contributed by atoms with Crippen molar-refractivity contribution in [1.82, 2.24) is 20.0 Å². The molecule has 4 aromatic rings. The predicted molar refractivity (Wildman–Crippen MR) is 113 cm³/mol. The van der Waals surface area contributed by atoms with Crippen molar-refractivity contribution in [1.29, 1.82) is 0 Å². The Morgan fingerprint density at radius 2 is 2.06 bits per heavy atom. The van der Waals surface area contributed by atoms with Crippen molar-refractivity contribution in [2.75, 3.05) is 5.32 Å². The highest BCUT2D eigenvalue weighted by Gasteiger charge is 2.31. The molecule has 32 heavy (non-hydrogen) atoms. The minimum Gasteiger partial charge on any atom is -0.421 e. The second-order valence-electron chi connectivity index (χ2n) is 6.81. The number of halogens is 4. The molecule has 0 bridgehead atoms. The lowest BCUT2D eigenvalue weighted by atomic mass is 10.2. The van der Waals surface area contributed by atoms with Crippen molar-refractivity contribution >= 4 is 34.7 Å². The zero-order valence-electron chi connectivity index (χ0n) is 16.5. The van der Waals surface area contributed by atoms with Gasteiger partial charge in [0.1, 0.15) is 5.82 Å². The maximum absolute atomic E-state index is 13.1. The van der Waals surface area contributed by atoms with E-state index in [2.05, 4.69) is 20.6 Å². The highest BCUT2D eigenvalue weighted by molar-refractivity contribution is 7.08. The molecule has 0 unspecified atom stereocenters. The molecule has 166 valence electrons. The maximum atomic E-state index is 13.1. The Balaban J connectivity index is 1.48. The van der Waals surface area contributed by atoms with Crippen LogP contribution in [0.1, 0.15) is 23.6 Å². The van der Waals surface area contributed by atoms with Crippen molar-refractivity contribution in [3.8, 4) is 17.1 Å². The van der Waals surface area contributed by atoms with Crippen LogP contribution >= 0.6 is 22.9 Å². The third-order valence-electron chi connectivity index (χ3n) is 4.40. The van der Waals surface area contributed by atoms with E-state index in [-0.39, 0.29) is 29.4 Å². The molecule has 0 aliphatic carbocycles. The molecule has 0 aliphatic heterocycles. The number of alkyl halides is 3. The van der Waals surface area contributed by atoms with E-state index in [4.69, 9.17) is 16.0 Å². The molecule has 0 fully saturated rings. The molecule has 4 rings (SSSR count). The molecule has 1 amide bonds. The van der Waals surface area contributed by atoms with Crippen molar-refractivity contribution in [2.45, 2.75) is 25.9 Å². The molecule has 3 heterocycles. The van der Waals surface area contributed by atoms with Crippen LogP contribution in [0.5, 0.6) is 0 Å². The van der Waals surface area contributed by atoms with Crippen LogP contribution in [-0.4, -0.2) is 25.9 Å². The molecule has 0 atom stereocenters. The van der Waals surface area contributed by atoms with Gasteiger partial charge in [-0.25, -0.2) is 4.68 Å². The van der Waals surface area contributed by atoms with Crippen LogP contribution in [0.25, 0.3) is 17.1 Å². The molecule has 1 N–H and O–H groups in total. The minimum atomic E-state index is -4.54. The van der Waals surface area contributed by atoms with Crippen LogP contribution in [0.2, 0.25) is 5.02 Å². The van der Waals surface area contributed by atoms with E-state index >= 15 is 0 Å². The first-order valence-electron chi connectivity index (χ1n) is 9.29. The molecule has 0 radical (unpaired) electrons. The average molecular weight is 482 g/mol. The molecule has 3 aromatic heterocycles. The maximum Gasteiger partial charge on any atom is 0.416 e. The lowest BCUT2D eigenvalue weighted by Gasteiger charge is -2.13. The monoisotopic (exact) mass is 481 g/mol. The summed E-state index contributed by atoms with van der Waals surface area (Å²) in [4.78, 5) is 12.5. The number of carbonyl (C=O) groups excluding carboxylic acids is 1. The summed E-state index contributed by atoms with van der Waals surface area (Å²) in [6.07, 6.45) is -4.33. The summed E-state index contributed by atoms with van der Waals surface area (Å²) >= 11 is 7.61. The molecular weight excluding hydrogens is 467 g/mol. The van der Waals surface area contributed by atoms with Gasteiger partial charge >= 0.3 is 6.18 Å². The molecule has 0 spiro atoms. The van der Waals surface area contributed by atoms with Gasteiger partial charge in [-0.2, -0.15) is 29.6 Å². The number of hydrogen-bond acceptors (Lipinski definition) is 6. The standard InChI is InChI=1S/C20H15ClF3N5O2S/c1-11-8-16(29(28-11)15-9-13(20(22,23)24)2-3-14(15)21)25-17(30)4-5-18-26-27-19(31-18)12-6-7-32-10-12/h2-3,6-10H,4-5H2,1H3,(H,25,30). The van der Waals surface area contributed by atoms with Gasteiger partial charge in [0, 0.05) is 29.9 Å². The molecular formula is C20H15ClF3N5O2S. The largest absolute Gasteiger partial charge is 0.421 e. The van der Waals surface area contributed by atoms with Crippen LogP contribution in [-0.2, 0) is 17.4 Å². The fourth-order valence-electron chi connectivity index (χ4n) is 2.91. The number of aromatic nitrogens is 4. The Kier molecular flexibility index (Phi) is 6.02. The summed E-state index contributed by atoms with van der Waals surface area (Å²) in [5, 5.41) is 18.5. The van der Waals surface area contributed by atoms with Gasteiger partial charge in [0.05, 0.1) is 22.0 Å². The van der Waals surface area contributed by atoms with Crippen molar-refractivity contribution < 1.29 is 22.4 Å². The molecule has 0 saturated heterocycles. The van der Waals surface area contributed by atoms with E-state index in [0.717, 1.165) is 23.8 Å². The fourth-order valence-corrected chi connectivity index (χ4v) is 3.73. The molecule has 0 aliphatic rings. The number of aryl methyl sites for hydroxylation is 2. The van der Waals surface area contributed by atoms with Crippen LogP contribution in [0.4, 0.5) is 19.0 Å². The van der Waals surface area contributed by atoms with Crippen LogP contribution < -0.4 is 5.32 Å². The quantitative estimate of drug-likeness (QED) is 0.391. The average Bonchev–Trinajstić information content (AvgIpc) is 3.47. The smallest absolute Gasteiger partial charge is 0.416 e. The number of nitrogens with one attached hydrogen (secondary N) is 1. The number of thiophene rings is 1.